The molecule has 1 aromatic carbocycles. The standard InChI is InChI=1S/C19H21N3O/c1-13(20)16-8-9-17(16)18-10-7-15(12-21-18)19(23)22-11-14-5-3-2-4-6-14/h2-7,10,12,16-17,20H,8-9,11H2,1H3,(H,22,23)/t16?,17-/m1/s1. The van der Waals surface area contributed by atoms with Crippen LogP contribution in [0, 0.1) is 11.3 Å². The molecule has 1 aliphatic rings. The summed E-state index contributed by atoms with van der Waals surface area (Å²) in [6.07, 6.45) is 3.79. The summed E-state index contributed by atoms with van der Waals surface area (Å²) in [4.78, 5) is 16.6. The van der Waals surface area contributed by atoms with Gasteiger partial charge in [0, 0.05) is 36.0 Å². The van der Waals surface area contributed by atoms with Crippen molar-refractivity contribution in [3.05, 3.63) is 65.5 Å². The predicted molar refractivity (Wildman–Crippen MR) is 90.7 cm³/mol. The highest BCUT2D eigenvalue weighted by molar-refractivity contribution is 5.93. The van der Waals surface area contributed by atoms with Gasteiger partial charge in [-0.2, -0.15) is 0 Å². The van der Waals surface area contributed by atoms with E-state index in [0.717, 1.165) is 29.8 Å². The normalized spacial score (nSPS) is 19.7. The molecule has 4 heteroatoms. The Bertz CT molecular complexity index is 694. The molecule has 1 saturated carbocycles. The quantitative estimate of drug-likeness (QED) is 0.830. The number of carbonyl (C=O) groups excluding carboxylic acids is 1. The van der Waals surface area contributed by atoms with E-state index in [1.807, 2.05) is 49.4 Å². The smallest absolute Gasteiger partial charge is 0.253 e. The summed E-state index contributed by atoms with van der Waals surface area (Å²) in [5, 5.41) is 10.7. The molecule has 3 rings (SSSR count). The summed E-state index contributed by atoms with van der Waals surface area (Å²) in [7, 11) is 0. The molecule has 23 heavy (non-hydrogen) atoms. The Morgan fingerprint density at radius 1 is 1.22 bits per heavy atom. The van der Waals surface area contributed by atoms with Crippen molar-refractivity contribution in [2.24, 2.45) is 5.92 Å². The Morgan fingerprint density at radius 2 is 2.00 bits per heavy atom. The molecule has 2 atom stereocenters. The number of aromatic nitrogens is 1. The van der Waals surface area contributed by atoms with Crippen LogP contribution in [0.5, 0.6) is 0 Å². The Hall–Kier alpha value is -2.49. The first-order valence-electron chi connectivity index (χ1n) is 7.98. The molecule has 0 radical (unpaired) electrons. The van der Waals surface area contributed by atoms with E-state index >= 15 is 0 Å². The average molecular weight is 307 g/mol. The van der Waals surface area contributed by atoms with Gasteiger partial charge in [-0.3, -0.25) is 9.78 Å². The summed E-state index contributed by atoms with van der Waals surface area (Å²) < 4.78 is 0. The molecule has 0 saturated heterocycles. The van der Waals surface area contributed by atoms with Gasteiger partial charge < -0.3 is 10.7 Å². The number of nitrogens with one attached hydrogen (secondary N) is 2. The van der Waals surface area contributed by atoms with Crippen molar-refractivity contribution < 1.29 is 4.79 Å². The van der Waals surface area contributed by atoms with Gasteiger partial charge in [0.05, 0.1) is 5.56 Å². The molecule has 2 aromatic rings. The van der Waals surface area contributed by atoms with Gasteiger partial charge in [0.25, 0.3) is 5.91 Å². The summed E-state index contributed by atoms with van der Waals surface area (Å²) in [6.45, 7) is 2.38. The van der Waals surface area contributed by atoms with Crippen LogP contribution in [-0.2, 0) is 6.54 Å². The van der Waals surface area contributed by atoms with Gasteiger partial charge in [0.15, 0.2) is 0 Å². The van der Waals surface area contributed by atoms with Crippen molar-refractivity contribution in [2.45, 2.75) is 32.2 Å². The van der Waals surface area contributed by atoms with Crippen LogP contribution < -0.4 is 5.32 Å². The fraction of sp³-hybridized carbons (Fsp3) is 0.316. The minimum absolute atomic E-state index is 0.110. The van der Waals surface area contributed by atoms with Crippen LogP contribution in [0.2, 0.25) is 0 Å². The van der Waals surface area contributed by atoms with E-state index in [-0.39, 0.29) is 5.91 Å². The number of carbonyl (C=O) groups is 1. The third-order valence-corrected chi connectivity index (χ3v) is 4.55. The van der Waals surface area contributed by atoms with Gasteiger partial charge in [0.2, 0.25) is 0 Å². The fourth-order valence-electron chi connectivity index (χ4n) is 3.01. The van der Waals surface area contributed by atoms with Crippen molar-refractivity contribution in [3.63, 3.8) is 0 Å². The van der Waals surface area contributed by atoms with Gasteiger partial charge in [-0.1, -0.05) is 30.3 Å². The second kappa shape index (κ2) is 6.73. The molecular formula is C19H21N3O. The first kappa shape index (κ1) is 15.4. The van der Waals surface area contributed by atoms with E-state index in [4.69, 9.17) is 5.41 Å². The second-order valence-electron chi connectivity index (χ2n) is 6.11. The Balaban J connectivity index is 1.61. The topological polar surface area (TPSA) is 65.8 Å². The van der Waals surface area contributed by atoms with Gasteiger partial charge >= 0.3 is 0 Å². The molecule has 1 amide bonds. The molecular weight excluding hydrogens is 286 g/mol. The lowest BCUT2D eigenvalue weighted by atomic mass is 9.69. The minimum atomic E-state index is -0.110. The van der Waals surface area contributed by atoms with E-state index in [9.17, 15) is 4.79 Å². The maximum Gasteiger partial charge on any atom is 0.253 e. The number of rotatable bonds is 5. The van der Waals surface area contributed by atoms with Crippen molar-refractivity contribution in [3.8, 4) is 0 Å². The van der Waals surface area contributed by atoms with Crippen LogP contribution >= 0.6 is 0 Å². The van der Waals surface area contributed by atoms with Gasteiger partial charge in [-0.15, -0.1) is 0 Å². The Morgan fingerprint density at radius 3 is 2.57 bits per heavy atom. The average Bonchev–Trinajstić information content (AvgIpc) is 2.53. The van der Waals surface area contributed by atoms with Crippen molar-refractivity contribution in [1.29, 1.82) is 5.41 Å². The zero-order chi connectivity index (χ0) is 16.2. The SMILES string of the molecule is CC(=N)C1CC[C@H]1c1ccc(C(=O)NCc2ccccc2)cn1. The highest BCUT2D eigenvalue weighted by Crippen LogP contribution is 2.42. The number of hydrogen-bond acceptors (Lipinski definition) is 3. The number of hydrogen-bond donors (Lipinski definition) is 2. The zero-order valence-corrected chi connectivity index (χ0v) is 13.3. The van der Waals surface area contributed by atoms with Crippen molar-refractivity contribution in [1.82, 2.24) is 10.3 Å². The molecule has 1 aromatic heterocycles. The third-order valence-electron chi connectivity index (χ3n) is 4.55. The summed E-state index contributed by atoms with van der Waals surface area (Å²) in [5.74, 6) is 0.551. The maximum absolute atomic E-state index is 12.2. The number of benzene rings is 1. The third kappa shape index (κ3) is 3.47. The van der Waals surface area contributed by atoms with E-state index in [0.29, 0.717) is 23.9 Å². The largest absolute Gasteiger partial charge is 0.348 e. The predicted octanol–water partition coefficient (Wildman–Crippen LogP) is 3.54. The van der Waals surface area contributed by atoms with Crippen LogP contribution in [0.15, 0.2) is 48.7 Å². The van der Waals surface area contributed by atoms with Gasteiger partial charge in [-0.05, 0) is 37.5 Å². The lowest BCUT2D eigenvalue weighted by Gasteiger charge is -2.35. The lowest BCUT2D eigenvalue weighted by Crippen LogP contribution is -2.30. The van der Waals surface area contributed by atoms with Crippen LogP contribution in [0.25, 0.3) is 0 Å². The summed E-state index contributed by atoms with van der Waals surface area (Å²) in [6, 6.07) is 13.6. The molecule has 4 nitrogen and oxygen atoms in total. The van der Waals surface area contributed by atoms with E-state index in [1.165, 1.54) is 0 Å². The van der Waals surface area contributed by atoms with E-state index in [1.54, 1.807) is 6.20 Å². The van der Waals surface area contributed by atoms with E-state index in [2.05, 4.69) is 10.3 Å². The molecule has 1 heterocycles. The molecule has 1 fully saturated rings. The molecule has 0 bridgehead atoms. The number of pyridine rings is 1. The first-order chi connectivity index (χ1) is 11.1. The summed E-state index contributed by atoms with van der Waals surface area (Å²) in [5.41, 5.74) is 3.37. The second-order valence-corrected chi connectivity index (χ2v) is 6.11. The molecule has 1 unspecified atom stereocenters. The van der Waals surface area contributed by atoms with Crippen LogP contribution in [0.3, 0.4) is 0 Å². The van der Waals surface area contributed by atoms with Gasteiger partial charge in [-0.25, -0.2) is 0 Å². The zero-order valence-electron chi connectivity index (χ0n) is 13.3. The van der Waals surface area contributed by atoms with Crippen LogP contribution in [0.1, 0.15) is 47.3 Å². The minimum Gasteiger partial charge on any atom is -0.348 e. The Kier molecular flexibility index (Phi) is 4.51. The lowest BCUT2D eigenvalue weighted by molar-refractivity contribution is 0.0950. The Labute approximate surface area is 136 Å². The highest BCUT2D eigenvalue weighted by Gasteiger charge is 2.34. The fourth-order valence-corrected chi connectivity index (χ4v) is 3.01. The molecule has 0 aliphatic heterocycles. The number of amides is 1. The first-order valence-corrected chi connectivity index (χ1v) is 7.98. The molecule has 118 valence electrons. The monoisotopic (exact) mass is 307 g/mol. The number of nitrogens with zero attached hydrogens (tertiary/aromatic N) is 1. The van der Waals surface area contributed by atoms with Crippen molar-refractivity contribution >= 4 is 11.6 Å². The molecule has 1 aliphatic carbocycles. The van der Waals surface area contributed by atoms with E-state index < -0.39 is 0 Å². The summed E-state index contributed by atoms with van der Waals surface area (Å²) >= 11 is 0. The highest BCUT2D eigenvalue weighted by atomic mass is 16.1. The van der Waals surface area contributed by atoms with Crippen molar-refractivity contribution in [2.75, 3.05) is 0 Å². The molecule has 0 spiro atoms. The molecule has 2 N–H and O–H groups in total. The van der Waals surface area contributed by atoms with Crippen LogP contribution in [0.4, 0.5) is 0 Å². The maximum atomic E-state index is 12.2. The van der Waals surface area contributed by atoms with Crippen LogP contribution in [-0.4, -0.2) is 16.6 Å². The van der Waals surface area contributed by atoms with Gasteiger partial charge in [0.1, 0.15) is 0 Å².